The first-order valence-electron chi connectivity index (χ1n) is 5.50. The fourth-order valence-corrected chi connectivity index (χ4v) is 2.35. The monoisotopic (exact) mass is 200 g/mol. The van der Waals surface area contributed by atoms with E-state index in [1.165, 1.54) is 19.3 Å². The number of rotatable bonds is 5. The Balaban J connectivity index is 2.40. The van der Waals surface area contributed by atoms with Crippen LogP contribution in [0.25, 0.3) is 0 Å². The molecular weight excluding hydrogens is 176 g/mol. The van der Waals surface area contributed by atoms with E-state index in [9.17, 15) is 5.11 Å². The second kappa shape index (κ2) is 4.60. The zero-order chi connectivity index (χ0) is 10.8. The molecule has 0 aromatic heterocycles. The molecule has 0 unspecified atom stereocenters. The van der Waals surface area contributed by atoms with Crippen molar-refractivity contribution in [3.05, 3.63) is 0 Å². The molecule has 0 aromatic rings. The van der Waals surface area contributed by atoms with Gasteiger partial charge in [0.15, 0.2) is 0 Å². The Hall–Kier alpha value is -0.120. The summed E-state index contributed by atoms with van der Waals surface area (Å²) in [5.41, 5.74) is 0.379. The van der Waals surface area contributed by atoms with Gasteiger partial charge >= 0.3 is 0 Å². The van der Waals surface area contributed by atoms with E-state index in [0.29, 0.717) is 5.54 Å². The minimum absolute atomic E-state index is 0.223. The molecule has 1 atom stereocenters. The van der Waals surface area contributed by atoms with Gasteiger partial charge in [0.1, 0.15) is 0 Å². The van der Waals surface area contributed by atoms with Crippen LogP contribution in [0.5, 0.6) is 0 Å². The molecule has 1 N–H and O–H groups in total. The molecule has 1 rings (SSSR count). The molecule has 1 aliphatic carbocycles. The average molecular weight is 200 g/mol. The van der Waals surface area contributed by atoms with Crippen LogP contribution in [0.15, 0.2) is 0 Å². The fourth-order valence-electron chi connectivity index (χ4n) is 2.35. The fraction of sp³-hybridized carbons (Fsp3) is 1.00. The van der Waals surface area contributed by atoms with Crippen LogP contribution in [0.3, 0.4) is 0 Å². The molecule has 0 saturated heterocycles. The Morgan fingerprint density at radius 1 is 1.29 bits per heavy atom. The molecule has 14 heavy (non-hydrogen) atoms. The third kappa shape index (κ3) is 2.69. The Morgan fingerprint density at radius 3 is 2.14 bits per heavy atom. The quantitative estimate of drug-likeness (QED) is 0.710. The van der Waals surface area contributed by atoms with Crippen LogP contribution < -0.4 is 0 Å². The summed E-state index contributed by atoms with van der Waals surface area (Å²) in [7, 11) is 6.42. The highest BCUT2D eigenvalue weighted by atomic mass is 16.3. The molecule has 0 heterocycles. The molecule has 0 amide bonds. The summed E-state index contributed by atoms with van der Waals surface area (Å²) in [6.45, 7) is 3.69. The van der Waals surface area contributed by atoms with Crippen LogP contribution in [0.2, 0.25) is 0 Å². The van der Waals surface area contributed by atoms with E-state index in [0.717, 1.165) is 13.1 Å². The summed E-state index contributed by atoms with van der Waals surface area (Å²) >= 11 is 0. The van der Waals surface area contributed by atoms with Gasteiger partial charge in [-0.3, -0.25) is 0 Å². The van der Waals surface area contributed by atoms with E-state index in [1.54, 1.807) is 0 Å². The lowest BCUT2D eigenvalue weighted by Gasteiger charge is -2.49. The maximum Gasteiger partial charge on any atom is 0.0638 e. The highest BCUT2D eigenvalue weighted by Gasteiger charge is 2.39. The Labute approximate surface area is 87.7 Å². The van der Waals surface area contributed by atoms with Gasteiger partial charge in [0.05, 0.1) is 6.10 Å². The molecule has 0 bridgehead atoms. The SMILES string of the molecule is C[C@@H](O)CN(C)CC1(N(C)C)CCC1. The van der Waals surface area contributed by atoms with Crippen LogP contribution in [-0.2, 0) is 0 Å². The molecule has 1 fully saturated rings. The Morgan fingerprint density at radius 2 is 1.86 bits per heavy atom. The molecular formula is C11H24N2O. The van der Waals surface area contributed by atoms with E-state index in [1.807, 2.05) is 6.92 Å². The summed E-state index contributed by atoms with van der Waals surface area (Å²) in [4.78, 5) is 4.58. The van der Waals surface area contributed by atoms with Crippen molar-refractivity contribution in [2.24, 2.45) is 0 Å². The molecule has 0 aromatic carbocycles. The average Bonchev–Trinajstić information content (AvgIpc) is 1.94. The first-order valence-corrected chi connectivity index (χ1v) is 5.50. The second-order valence-electron chi connectivity index (χ2n) is 5.02. The van der Waals surface area contributed by atoms with E-state index in [4.69, 9.17) is 0 Å². The standard InChI is InChI=1S/C11H24N2O/c1-10(14)8-13(4)9-11(12(2)3)6-5-7-11/h10,14H,5-9H2,1-4H3/t10-/m1/s1. The highest BCUT2D eigenvalue weighted by Crippen LogP contribution is 2.36. The number of likely N-dealkylation sites (N-methyl/N-ethyl adjacent to an activating group) is 2. The lowest BCUT2D eigenvalue weighted by Crippen LogP contribution is -2.57. The van der Waals surface area contributed by atoms with Crippen LogP contribution in [-0.4, -0.2) is 60.8 Å². The van der Waals surface area contributed by atoms with Crippen molar-refractivity contribution < 1.29 is 5.11 Å². The zero-order valence-electron chi connectivity index (χ0n) is 9.95. The largest absolute Gasteiger partial charge is 0.392 e. The predicted octanol–water partition coefficient (Wildman–Crippen LogP) is 0.783. The van der Waals surface area contributed by atoms with Crippen molar-refractivity contribution in [2.75, 3.05) is 34.2 Å². The molecule has 84 valence electrons. The summed E-state index contributed by atoms with van der Waals surface area (Å²) in [5, 5.41) is 9.29. The zero-order valence-corrected chi connectivity index (χ0v) is 9.95. The van der Waals surface area contributed by atoms with Gasteiger partial charge in [-0.2, -0.15) is 0 Å². The maximum absolute atomic E-state index is 9.29. The molecule has 3 nitrogen and oxygen atoms in total. The lowest BCUT2D eigenvalue weighted by molar-refractivity contribution is 0.0170. The van der Waals surface area contributed by atoms with Crippen molar-refractivity contribution in [3.63, 3.8) is 0 Å². The molecule has 0 spiro atoms. The van der Waals surface area contributed by atoms with Gasteiger partial charge in [-0.25, -0.2) is 0 Å². The number of nitrogens with zero attached hydrogens (tertiary/aromatic N) is 2. The van der Waals surface area contributed by atoms with Crippen molar-refractivity contribution in [3.8, 4) is 0 Å². The van der Waals surface area contributed by atoms with Crippen LogP contribution in [0.4, 0.5) is 0 Å². The van der Waals surface area contributed by atoms with Crippen molar-refractivity contribution in [2.45, 2.75) is 37.8 Å². The molecule has 0 aliphatic heterocycles. The van der Waals surface area contributed by atoms with E-state index in [2.05, 4.69) is 30.9 Å². The lowest BCUT2D eigenvalue weighted by atomic mass is 9.75. The van der Waals surface area contributed by atoms with Gasteiger partial charge in [-0.1, -0.05) is 0 Å². The minimum Gasteiger partial charge on any atom is -0.392 e. The summed E-state index contributed by atoms with van der Waals surface area (Å²) < 4.78 is 0. The predicted molar refractivity (Wildman–Crippen MR) is 59.4 cm³/mol. The Bertz CT molecular complexity index is 176. The highest BCUT2D eigenvalue weighted by molar-refractivity contribution is 4.97. The van der Waals surface area contributed by atoms with E-state index in [-0.39, 0.29) is 6.10 Å². The molecule has 0 radical (unpaired) electrons. The van der Waals surface area contributed by atoms with E-state index >= 15 is 0 Å². The topological polar surface area (TPSA) is 26.7 Å². The normalized spacial score (nSPS) is 22.5. The minimum atomic E-state index is -0.223. The van der Waals surface area contributed by atoms with Crippen molar-refractivity contribution >= 4 is 0 Å². The summed E-state index contributed by atoms with van der Waals surface area (Å²) in [6.07, 6.45) is 3.72. The first kappa shape index (κ1) is 12.0. The molecule has 3 heteroatoms. The summed E-state index contributed by atoms with van der Waals surface area (Å²) in [6, 6.07) is 0. The van der Waals surface area contributed by atoms with Gasteiger partial charge in [0, 0.05) is 18.6 Å². The van der Waals surface area contributed by atoms with Gasteiger partial charge in [-0.05, 0) is 47.3 Å². The van der Waals surface area contributed by atoms with E-state index < -0.39 is 0 Å². The van der Waals surface area contributed by atoms with Crippen LogP contribution in [0, 0.1) is 0 Å². The van der Waals surface area contributed by atoms with Gasteiger partial charge in [-0.15, -0.1) is 0 Å². The smallest absolute Gasteiger partial charge is 0.0638 e. The number of aliphatic hydroxyl groups is 1. The number of hydrogen-bond donors (Lipinski definition) is 1. The number of hydrogen-bond acceptors (Lipinski definition) is 3. The van der Waals surface area contributed by atoms with Crippen molar-refractivity contribution in [1.29, 1.82) is 0 Å². The van der Waals surface area contributed by atoms with Gasteiger partial charge < -0.3 is 14.9 Å². The Kier molecular flexibility index (Phi) is 3.93. The summed E-state index contributed by atoms with van der Waals surface area (Å²) in [5.74, 6) is 0. The van der Waals surface area contributed by atoms with Crippen LogP contribution >= 0.6 is 0 Å². The van der Waals surface area contributed by atoms with Crippen LogP contribution in [0.1, 0.15) is 26.2 Å². The molecule has 1 saturated carbocycles. The van der Waals surface area contributed by atoms with Crippen molar-refractivity contribution in [1.82, 2.24) is 9.80 Å². The van der Waals surface area contributed by atoms with Gasteiger partial charge in [0.25, 0.3) is 0 Å². The second-order valence-corrected chi connectivity index (χ2v) is 5.02. The van der Waals surface area contributed by atoms with Gasteiger partial charge in [0.2, 0.25) is 0 Å². The third-order valence-electron chi connectivity index (χ3n) is 3.37. The molecule has 1 aliphatic rings. The number of aliphatic hydroxyl groups excluding tert-OH is 1. The maximum atomic E-state index is 9.29. The first-order chi connectivity index (χ1) is 6.46. The third-order valence-corrected chi connectivity index (χ3v) is 3.37.